The number of aromatic nitrogens is 3. The van der Waals surface area contributed by atoms with Gasteiger partial charge in [0.25, 0.3) is 5.92 Å². The number of ether oxygens (including phenoxy) is 1. The van der Waals surface area contributed by atoms with E-state index in [-0.39, 0.29) is 78.2 Å². The zero-order valence-corrected chi connectivity index (χ0v) is 29.3. The third-order valence-corrected chi connectivity index (χ3v) is 12.3. The molecule has 0 bridgehead atoms. The molecule has 2 atom stereocenters. The zero-order chi connectivity index (χ0) is 36.0. The number of nitrogens with two attached hydrogens (primary N) is 2. The molecule has 1 spiro atoms. The van der Waals surface area contributed by atoms with Crippen LogP contribution in [0.3, 0.4) is 0 Å². The number of anilines is 3. The van der Waals surface area contributed by atoms with E-state index in [1.807, 2.05) is 19.1 Å². The third-order valence-electron chi connectivity index (χ3n) is 10.9. The molecule has 9 nitrogen and oxygen atoms in total. The van der Waals surface area contributed by atoms with Crippen molar-refractivity contribution in [2.75, 3.05) is 49.7 Å². The van der Waals surface area contributed by atoms with Crippen LogP contribution in [0, 0.1) is 33.8 Å². The van der Waals surface area contributed by atoms with Crippen LogP contribution in [0.1, 0.15) is 49.8 Å². The number of benzene rings is 2. The second-order valence-electron chi connectivity index (χ2n) is 14.2. The molecule has 1 unspecified atom stereocenters. The lowest BCUT2D eigenvalue weighted by molar-refractivity contribution is 0.0644. The van der Waals surface area contributed by atoms with E-state index in [0.29, 0.717) is 43.3 Å². The molecule has 1 aliphatic heterocycles. The first kappa shape index (κ1) is 33.7. The van der Waals surface area contributed by atoms with Crippen LogP contribution in [-0.2, 0) is 0 Å². The molecular weight excluding hydrogens is 704 g/mol. The van der Waals surface area contributed by atoms with Crippen molar-refractivity contribution in [1.82, 2.24) is 19.9 Å². The molecule has 2 saturated carbocycles. The summed E-state index contributed by atoms with van der Waals surface area (Å²) in [6.07, 6.45) is 3.72. The molecule has 0 radical (unpaired) electrons. The molecule has 0 amide bonds. The van der Waals surface area contributed by atoms with E-state index in [4.69, 9.17) is 32.8 Å². The summed E-state index contributed by atoms with van der Waals surface area (Å²) < 4.78 is 66.5. The number of fused-ring (bicyclic) bond motifs is 2. The molecule has 3 aliphatic rings. The van der Waals surface area contributed by atoms with Crippen molar-refractivity contribution >= 4 is 60.6 Å². The van der Waals surface area contributed by atoms with Crippen molar-refractivity contribution in [3.8, 4) is 23.2 Å². The second kappa shape index (κ2) is 11.8. The largest absolute Gasteiger partial charge is 0.463 e. The van der Waals surface area contributed by atoms with E-state index < -0.39 is 23.0 Å². The Balaban J connectivity index is 1.21. The van der Waals surface area contributed by atoms with Gasteiger partial charge in [-0.05, 0) is 56.5 Å². The van der Waals surface area contributed by atoms with Crippen LogP contribution >= 0.6 is 22.9 Å². The number of thiophene rings is 1. The first-order valence-electron chi connectivity index (χ1n) is 16.5. The number of alkyl halides is 2. The lowest BCUT2D eigenvalue weighted by Gasteiger charge is -2.28. The van der Waals surface area contributed by atoms with Crippen LogP contribution in [-0.4, -0.2) is 59.1 Å². The molecule has 51 heavy (non-hydrogen) atoms. The minimum absolute atomic E-state index is 0.0106. The van der Waals surface area contributed by atoms with Crippen LogP contribution < -0.4 is 21.1 Å². The standard InChI is InChI=1S/C36H33ClF4N8OS/c1-18(19-4-3-10-45-30(19)43)48(2)32-21-12-23(37)26(20-5-6-24(38)29-25(20)22(13-42)31(44)51-29)27(39)28(21)46-33(47-32)50-17-34(7-8-34)15-49-11-9-35(16-49)14-36(35,40)41/h3-6,10,12,18H,7-9,11,14-17,44H2,1-2H3,(H2,43,45)/t18-,35?/m1/s1. The van der Waals surface area contributed by atoms with Crippen molar-refractivity contribution in [2.24, 2.45) is 10.8 Å². The Morgan fingerprint density at radius 1 is 1.18 bits per heavy atom. The lowest BCUT2D eigenvalue weighted by Crippen LogP contribution is -2.33. The Labute approximate surface area is 299 Å². The van der Waals surface area contributed by atoms with Crippen molar-refractivity contribution in [3.63, 3.8) is 0 Å². The number of rotatable bonds is 9. The average Bonchev–Trinajstić information content (AvgIpc) is 3.84. The van der Waals surface area contributed by atoms with E-state index in [1.165, 1.54) is 12.1 Å². The quantitative estimate of drug-likeness (QED) is 0.145. The molecule has 2 aliphatic carbocycles. The van der Waals surface area contributed by atoms with Gasteiger partial charge in [0.1, 0.15) is 34.0 Å². The maximum atomic E-state index is 17.0. The zero-order valence-electron chi connectivity index (χ0n) is 27.7. The molecule has 4 N–H and O–H groups in total. The maximum Gasteiger partial charge on any atom is 0.319 e. The summed E-state index contributed by atoms with van der Waals surface area (Å²) in [5.41, 5.74) is 11.9. The molecule has 1 saturated heterocycles. The van der Waals surface area contributed by atoms with Crippen LogP contribution in [0.15, 0.2) is 36.5 Å². The van der Waals surface area contributed by atoms with Gasteiger partial charge in [-0.3, -0.25) is 0 Å². The fraction of sp³-hybridized carbons (Fsp3) is 0.389. The predicted octanol–water partition coefficient (Wildman–Crippen LogP) is 7.96. The highest BCUT2D eigenvalue weighted by Gasteiger charge is 2.72. The van der Waals surface area contributed by atoms with Crippen molar-refractivity contribution in [2.45, 2.75) is 44.6 Å². The summed E-state index contributed by atoms with van der Waals surface area (Å²) in [5, 5.41) is 10.4. The van der Waals surface area contributed by atoms with Gasteiger partial charge in [-0.1, -0.05) is 23.7 Å². The Morgan fingerprint density at radius 2 is 1.94 bits per heavy atom. The SMILES string of the molecule is C[C@H](c1cccnc1N)N(C)c1nc(OCC2(CN3CCC4(C3)CC4(F)F)CC2)nc2c(F)c(-c3ccc(F)c4sc(N)c(C#N)c34)c(Cl)cc12. The van der Waals surface area contributed by atoms with E-state index >= 15 is 4.39 Å². The fourth-order valence-corrected chi connectivity index (χ4v) is 8.80. The predicted molar refractivity (Wildman–Crippen MR) is 190 cm³/mol. The Bertz CT molecular complexity index is 2290. The lowest BCUT2D eigenvalue weighted by atomic mass is 9.97. The highest BCUT2D eigenvalue weighted by atomic mass is 35.5. The number of halogens is 5. The fourth-order valence-electron chi connectivity index (χ4n) is 7.56. The van der Waals surface area contributed by atoms with Crippen LogP contribution in [0.2, 0.25) is 5.02 Å². The second-order valence-corrected chi connectivity index (χ2v) is 15.7. The Morgan fingerprint density at radius 3 is 2.61 bits per heavy atom. The molecule has 3 fully saturated rings. The summed E-state index contributed by atoms with van der Waals surface area (Å²) >= 11 is 7.75. The molecule has 4 heterocycles. The molecule has 2 aromatic carbocycles. The van der Waals surface area contributed by atoms with Gasteiger partial charge >= 0.3 is 6.01 Å². The summed E-state index contributed by atoms with van der Waals surface area (Å²) in [6, 6.07) is 9.26. The minimum Gasteiger partial charge on any atom is -0.463 e. The average molecular weight is 737 g/mol. The van der Waals surface area contributed by atoms with Crippen molar-refractivity contribution in [1.29, 1.82) is 5.26 Å². The van der Waals surface area contributed by atoms with Crippen LogP contribution in [0.4, 0.5) is 34.2 Å². The van der Waals surface area contributed by atoms with Gasteiger partial charge in [0.15, 0.2) is 5.82 Å². The Hall–Kier alpha value is -4.45. The van der Waals surface area contributed by atoms with E-state index in [1.54, 1.807) is 30.3 Å². The number of hydrogen-bond acceptors (Lipinski definition) is 10. The van der Waals surface area contributed by atoms with Gasteiger partial charge in [-0.15, -0.1) is 11.3 Å². The third kappa shape index (κ3) is 5.48. The van der Waals surface area contributed by atoms with E-state index in [0.717, 1.165) is 24.2 Å². The number of pyridine rings is 1. The number of nitrogen functional groups attached to an aromatic ring is 2. The Kier molecular flexibility index (Phi) is 7.79. The summed E-state index contributed by atoms with van der Waals surface area (Å²) in [4.78, 5) is 17.4. The number of nitriles is 1. The van der Waals surface area contributed by atoms with Gasteiger partial charge < -0.3 is 26.0 Å². The van der Waals surface area contributed by atoms with Gasteiger partial charge in [0, 0.05) is 60.1 Å². The molecule has 15 heteroatoms. The van der Waals surface area contributed by atoms with Gasteiger partial charge in [0.05, 0.1) is 33.3 Å². The first-order valence-corrected chi connectivity index (χ1v) is 17.7. The minimum atomic E-state index is -2.59. The van der Waals surface area contributed by atoms with E-state index in [9.17, 15) is 18.4 Å². The normalized spacial score (nSPS) is 20.9. The molecule has 3 aromatic heterocycles. The van der Waals surface area contributed by atoms with Crippen LogP contribution in [0.25, 0.3) is 32.1 Å². The number of nitrogens with zero attached hydrogens (tertiary/aromatic N) is 6. The molecule has 5 aromatic rings. The molecule has 264 valence electrons. The van der Waals surface area contributed by atoms with Gasteiger partial charge in [-0.2, -0.15) is 15.2 Å². The maximum absolute atomic E-state index is 17.0. The number of hydrogen-bond donors (Lipinski definition) is 2. The van der Waals surface area contributed by atoms with Gasteiger partial charge in [0.2, 0.25) is 0 Å². The highest BCUT2D eigenvalue weighted by molar-refractivity contribution is 7.23. The summed E-state index contributed by atoms with van der Waals surface area (Å²) in [5.74, 6) is -3.37. The molecular formula is C36H33ClF4N8OS. The first-order chi connectivity index (χ1) is 24.3. The summed E-state index contributed by atoms with van der Waals surface area (Å²) in [6.45, 7) is 3.71. The monoisotopic (exact) mass is 736 g/mol. The summed E-state index contributed by atoms with van der Waals surface area (Å²) in [7, 11) is 1.78. The number of likely N-dealkylation sites (tertiary alicyclic amines) is 1. The van der Waals surface area contributed by atoms with Crippen LogP contribution in [0.5, 0.6) is 6.01 Å². The highest BCUT2D eigenvalue weighted by Crippen LogP contribution is 2.65. The van der Waals surface area contributed by atoms with E-state index in [2.05, 4.69) is 14.9 Å². The van der Waals surface area contributed by atoms with Crippen molar-refractivity contribution in [3.05, 3.63) is 64.3 Å². The van der Waals surface area contributed by atoms with Crippen molar-refractivity contribution < 1.29 is 22.3 Å². The molecule has 8 rings (SSSR count). The van der Waals surface area contributed by atoms with Gasteiger partial charge in [-0.25, -0.2) is 22.5 Å². The smallest absolute Gasteiger partial charge is 0.319 e. The topological polar surface area (TPSA) is 130 Å².